The van der Waals surface area contributed by atoms with E-state index in [1.165, 1.54) is 11.2 Å². The summed E-state index contributed by atoms with van der Waals surface area (Å²) in [4.78, 5) is 36.1. The predicted molar refractivity (Wildman–Crippen MR) is 85.1 cm³/mol. The summed E-state index contributed by atoms with van der Waals surface area (Å²) in [6.07, 6.45) is 2.16. The molecule has 2 rings (SSSR count). The lowest BCUT2D eigenvalue weighted by molar-refractivity contribution is -0.107. The van der Waals surface area contributed by atoms with Crippen LogP contribution < -0.4 is 4.90 Å². The molecule has 0 saturated heterocycles. The molecule has 0 aliphatic heterocycles. The topological polar surface area (TPSA) is 71.3 Å². The van der Waals surface area contributed by atoms with E-state index in [0.29, 0.717) is 24.5 Å². The molecule has 0 aliphatic rings. The fourth-order valence-corrected chi connectivity index (χ4v) is 3.15. The van der Waals surface area contributed by atoms with Crippen LogP contribution in [0, 0.1) is 13.8 Å². The highest BCUT2D eigenvalue weighted by Crippen LogP contribution is 2.22. The van der Waals surface area contributed by atoms with Gasteiger partial charge in [-0.05, 0) is 13.8 Å². The molecular weight excluding hydrogens is 302 g/mol. The van der Waals surface area contributed by atoms with Gasteiger partial charge in [-0.1, -0.05) is 0 Å². The number of hydrogen-bond donors (Lipinski definition) is 0. The first kappa shape index (κ1) is 16.2. The molecule has 2 aromatic heterocycles. The van der Waals surface area contributed by atoms with Crippen molar-refractivity contribution in [1.29, 1.82) is 0 Å². The lowest BCUT2D eigenvalue weighted by atomic mass is 10.3. The zero-order valence-electron chi connectivity index (χ0n) is 13.3. The van der Waals surface area contributed by atoms with Crippen LogP contribution in [0.1, 0.15) is 26.1 Å². The minimum atomic E-state index is -0.186. The Kier molecular flexibility index (Phi) is 4.60. The van der Waals surface area contributed by atoms with Crippen LogP contribution in [0.5, 0.6) is 0 Å². The van der Waals surface area contributed by atoms with Crippen molar-refractivity contribution in [2.45, 2.75) is 20.4 Å². The first-order valence-corrected chi connectivity index (χ1v) is 7.54. The predicted octanol–water partition coefficient (Wildman–Crippen LogP) is 1.36. The summed E-state index contributed by atoms with van der Waals surface area (Å²) >= 11 is 1.58. The number of thiazole rings is 1. The maximum Gasteiger partial charge on any atom is 0.274 e. The third-order valence-corrected chi connectivity index (χ3v) is 4.40. The van der Waals surface area contributed by atoms with Gasteiger partial charge in [-0.2, -0.15) is 0 Å². The summed E-state index contributed by atoms with van der Waals surface area (Å²) in [5.74, 6) is 0.167. The Morgan fingerprint density at radius 3 is 2.64 bits per heavy atom. The maximum absolute atomic E-state index is 12.7. The molecule has 2 amide bonds. The van der Waals surface area contributed by atoms with Gasteiger partial charge in [0.2, 0.25) is 6.41 Å². The molecule has 0 saturated carbocycles. The van der Waals surface area contributed by atoms with Gasteiger partial charge in [0.25, 0.3) is 5.91 Å². The first-order chi connectivity index (χ1) is 10.3. The molecule has 118 valence electrons. The molecule has 0 aromatic carbocycles. The minimum Gasteiger partial charge on any atom is -0.335 e. The lowest BCUT2D eigenvalue weighted by Crippen LogP contribution is -2.30. The average Bonchev–Trinajstić information content (AvgIpc) is 3.00. The number of carbonyl (C=O) groups is 2. The normalized spacial score (nSPS) is 10.6. The molecule has 22 heavy (non-hydrogen) atoms. The van der Waals surface area contributed by atoms with E-state index in [1.807, 2.05) is 13.8 Å². The number of imidazole rings is 1. The Labute approximate surface area is 133 Å². The highest BCUT2D eigenvalue weighted by atomic mass is 32.1. The highest BCUT2D eigenvalue weighted by Gasteiger charge is 2.23. The second-order valence-corrected chi connectivity index (χ2v) is 6.43. The molecule has 0 radical (unpaired) electrons. The number of rotatable bonds is 5. The third-order valence-electron chi connectivity index (χ3n) is 3.34. The number of nitrogens with zero attached hydrogens (tertiary/aromatic N) is 5. The fraction of sp³-hybridized carbons (Fsp3) is 0.429. The van der Waals surface area contributed by atoms with Crippen LogP contribution in [-0.2, 0) is 18.4 Å². The Balaban J connectivity index is 2.26. The molecule has 7 nitrogen and oxygen atoms in total. The molecule has 0 bridgehead atoms. The van der Waals surface area contributed by atoms with Gasteiger partial charge in [0.05, 0.1) is 23.6 Å². The quantitative estimate of drug-likeness (QED) is 0.780. The zero-order chi connectivity index (χ0) is 16.4. The summed E-state index contributed by atoms with van der Waals surface area (Å²) in [7, 11) is 5.04. The van der Waals surface area contributed by atoms with Gasteiger partial charge in [-0.25, -0.2) is 9.97 Å². The summed E-state index contributed by atoms with van der Waals surface area (Å²) in [6, 6.07) is 0. The van der Waals surface area contributed by atoms with Gasteiger partial charge in [0.1, 0.15) is 0 Å². The smallest absolute Gasteiger partial charge is 0.274 e. The van der Waals surface area contributed by atoms with Gasteiger partial charge < -0.3 is 14.4 Å². The van der Waals surface area contributed by atoms with Crippen molar-refractivity contribution in [2.24, 2.45) is 7.05 Å². The van der Waals surface area contributed by atoms with E-state index in [2.05, 4.69) is 9.97 Å². The SMILES string of the molecule is Cc1nc(C)c(CN(C)C(=O)c2c(N(C)C=O)ncn2C)s1. The molecule has 2 heterocycles. The second-order valence-electron chi connectivity index (χ2n) is 5.15. The summed E-state index contributed by atoms with van der Waals surface area (Å²) in [5, 5.41) is 0.982. The van der Waals surface area contributed by atoms with Crippen molar-refractivity contribution in [3.05, 3.63) is 27.6 Å². The van der Waals surface area contributed by atoms with Crippen LogP contribution in [0.2, 0.25) is 0 Å². The number of anilines is 1. The Hall–Kier alpha value is -2.22. The van der Waals surface area contributed by atoms with Gasteiger partial charge in [0, 0.05) is 26.0 Å². The van der Waals surface area contributed by atoms with Crippen molar-refractivity contribution in [3.8, 4) is 0 Å². The third kappa shape index (κ3) is 3.01. The van der Waals surface area contributed by atoms with Gasteiger partial charge in [0.15, 0.2) is 11.5 Å². The molecule has 2 aromatic rings. The lowest BCUT2D eigenvalue weighted by Gasteiger charge is -2.19. The molecule has 0 aliphatic carbocycles. The molecule has 0 spiro atoms. The number of aromatic nitrogens is 3. The van der Waals surface area contributed by atoms with Gasteiger partial charge >= 0.3 is 0 Å². The summed E-state index contributed by atoms with van der Waals surface area (Å²) in [6.45, 7) is 4.36. The van der Waals surface area contributed by atoms with Crippen LogP contribution in [-0.4, -0.2) is 45.8 Å². The van der Waals surface area contributed by atoms with Gasteiger partial charge in [-0.15, -0.1) is 11.3 Å². The van der Waals surface area contributed by atoms with E-state index in [0.717, 1.165) is 15.6 Å². The van der Waals surface area contributed by atoms with Crippen LogP contribution in [0.15, 0.2) is 6.33 Å². The monoisotopic (exact) mass is 321 g/mol. The summed E-state index contributed by atoms with van der Waals surface area (Å²) in [5.41, 5.74) is 1.33. The Morgan fingerprint density at radius 1 is 1.41 bits per heavy atom. The van der Waals surface area contributed by atoms with E-state index in [9.17, 15) is 9.59 Å². The number of carbonyl (C=O) groups excluding carboxylic acids is 2. The molecule has 0 fully saturated rings. The van der Waals surface area contributed by atoms with E-state index in [4.69, 9.17) is 0 Å². The molecule has 0 unspecified atom stereocenters. The second kappa shape index (κ2) is 6.27. The van der Waals surface area contributed by atoms with Gasteiger partial charge in [-0.3, -0.25) is 9.59 Å². The Bertz CT molecular complexity index is 706. The van der Waals surface area contributed by atoms with Crippen LogP contribution >= 0.6 is 11.3 Å². The number of hydrogen-bond acceptors (Lipinski definition) is 5. The molecule has 0 atom stereocenters. The van der Waals surface area contributed by atoms with Crippen LogP contribution in [0.3, 0.4) is 0 Å². The maximum atomic E-state index is 12.7. The van der Waals surface area contributed by atoms with Crippen LogP contribution in [0.4, 0.5) is 5.82 Å². The number of amides is 2. The average molecular weight is 321 g/mol. The largest absolute Gasteiger partial charge is 0.335 e. The van der Waals surface area contributed by atoms with Crippen LogP contribution in [0.25, 0.3) is 0 Å². The van der Waals surface area contributed by atoms with Crippen molar-refractivity contribution < 1.29 is 9.59 Å². The van der Waals surface area contributed by atoms with E-state index in [-0.39, 0.29) is 5.91 Å². The van der Waals surface area contributed by atoms with E-state index >= 15 is 0 Å². The van der Waals surface area contributed by atoms with E-state index in [1.54, 1.807) is 41.9 Å². The van der Waals surface area contributed by atoms with Crippen molar-refractivity contribution >= 4 is 29.5 Å². The summed E-state index contributed by atoms with van der Waals surface area (Å²) < 4.78 is 1.62. The highest BCUT2D eigenvalue weighted by molar-refractivity contribution is 7.11. The molecule has 8 heteroatoms. The first-order valence-electron chi connectivity index (χ1n) is 6.73. The standard InChI is InChI=1S/C14H19N5O2S/c1-9-11(22-10(2)16-9)6-17(3)14(21)12-13(19(5)8-20)15-7-18(12)4/h7-8H,6H2,1-5H3. The molecule has 0 N–H and O–H groups in total. The zero-order valence-corrected chi connectivity index (χ0v) is 14.1. The van der Waals surface area contributed by atoms with Crippen molar-refractivity contribution in [1.82, 2.24) is 19.4 Å². The Morgan fingerprint density at radius 2 is 2.09 bits per heavy atom. The fourth-order valence-electron chi connectivity index (χ4n) is 2.16. The minimum absolute atomic E-state index is 0.186. The van der Waals surface area contributed by atoms with Crippen molar-refractivity contribution in [3.63, 3.8) is 0 Å². The van der Waals surface area contributed by atoms with E-state index < -0.39 is 0 Å². The molecular formula is C14H19N5O2S. The van der Waals surface area contributed by atoms with Crippen molar-refractivity contribution in [2.75, 3.05) is 19.0 Å². The number of aryl methyl sites for hydroxylation is 3.